The molecule has 0 unspecified atom stereocenters. The largest absolute Gasteiger partial charge is 0.494 e. The Bertz CT molecular complexity index is 720. The quantitative estimate of drug-likeness (QED) is 0.866. The first-order valence-corrected chi connectivity index (χ1v) is 6.58. The van der Waals surface area contributed by atoms with Gasteiger partial charge in [-0.25, -0.2) is 0 Å². The molecule has 0 spiro atoms. The van der Waals surface area contributed by atoms with Gasteiger partial charge in [0.2, 0.25) is 0 Å². The standard InChI is InChI=1S/C15H13ClN2O2/c1-3-20-14-6-13-12(5-10(14)4-9(2)19)15(16)11(7-17)8-18-13/h5-6,8H,3-4H2,1-2H3. The molecule has 0 fully saturated rings. The molecular formula is C15H13ClN2O2. The molecular weight excluding hydrogens is 276 g/mol. The number of nitriles is 1. The van der Waals surface area contributed by atoms with Gasteiger partial charge in [-0.2, -0.15) is 5.26 Å². The summed E-state index contributed by atoms with van der Waals surface area (Å²) in [6.07, 6.45) is 1.70. The highest BCUT2D eigenvalue weighted by atomic mass is 35.5. The van der Waals surface area contributed by atoms with E-state index in [1.54, 1.807) is 12.1 Å². The third-order valence-electron chi connectivity index (χ3n) is 2.84. The van der Waals surface area contributed by atoms with Crippen molar-refractivity contribution in [1.82, 2.24) is 4.98 Å². The van der Waals surface area contributed by atoms with Gasteiger partial charge < -0.3 is 4.74 Å². The number of pyridine rings is 1. The van der Waals surface area contributed by atoms with Gasteiger partial charge in [-0.05, 0) is 19.9 Å². The normalized spacial score (nSPS) is 10.3. The Morgan fingerprint density at radius 2 is 2.25 bits per heavy atom. The molecule has 1 heterocycles. The number of hydrogen-bond donors (Lipinski definition) is 0. The zero-order chi connectivity index (χ0) is 14.7. The van der Waals surface area contributed by atoms with E-state index >= 15 is 0 Å². The Kier molecular flexibility index (Phi) is 4.21. The van der Waals surface area contributed by atoms with Crippen LogP contribution < -0.4 is 4.74 Å². The fraction of sp³-hybridized carbons (Fsp3) is 0.267. The fourth-order valence-corrected chi connectivity index (χ4v) is 2.25. The van der Waals surface area contributed by atoms with E-state index in [0.29, 0.717) is 33.8 Å². The summed E-state index contributed by atoms with van der Waals surface area (Å²) in [5.74, 6) is 0.661. The SMILES string of the molecule is CCOc1cc2ncc(C#N)c(Cl)c2cc1CC(C)=O. The van der Waals surface area contributed by atoms with Crippen LogP contribution in [0.2, 0.25) is 5.02 Å². The number of Topliss-reactive ketones (excluding diaryl/α,β-unsaturated/α-hetero) is 1. The zero-order valence-electron chi connectivity index (χ0n) is 11.2. The minimum Gasteiger partial charge on any atom is -0.494 e. The van der Waals surface area contributed by atoms with Crippen LogP contribution in [0, 0.1) is 11.3 Å². The van der Waals surface area contributed by atoms with E-state index < -0.39 is 0 Å². The van der Waals surface area contributed by atoms with Gasteiger partial charge in [-0.3, -0.25) is 9.78 Å². The van der Waals surface area contributed by atoms with Gasteiger partial charge in [-0.1, -0.05) is 11.6 Å². The first-order valence-electron chi connectivity index (χ1n) is 6.20. The molecule has 2 aromatic rings. The predicted octanol–water partition coefficient (Wildman–Crippen LogP) is 3.29. The number of ketones is 1. The molecule has 1 aromatic carbocycles. The van der Waals surface area contributed by atoms with Gasteiger partial charge in [0.1, 0.15) is 17.6 Å². The maximum absolute atomic E-state index is 11.4. The van der Waals surface area contributed by atoms with Crippen LogP contribution in [0.25, 0.3) is 10.9 Å². The first kappa shape index (κ1) is 14.3. The molecule has 2 rings (SSSR count). The Hall–Kier alpha value is -2.12. The lowest BCUT2D eigenvalue weighted by molar-refractivity contribution is -0.116. The van der Waals surface area contributed by atoms with Gasteiger partial charge in [0, 0.05) is 29.6 Å². The number of benzene rings is 1. The summed E-state index contributed by atoms with van der Waals surface area (Å²) in [6.45, 7) is 3.90. The first-order chi connectivity index (χ1) is 9.56. The second-order valence-electron chi connectivity index (χ2n) is 4.39. The number of ether oxygens (including phenoxy) is 1. The van der Waals surface area contributed by atoms with Gasteiger partial charge in [0.25, 0.3) is 0 Å². The van der Waals surface area contributed by atoms with E-state index in [-0.39, 0.29) is 12.2 Å². The summed E-state index contributed by atoms with van der Waals surface area (Å²) >= 11 is 6.19. The number of aromatic nitrogens is 1. The van der Waals surface area contributed by atoms with E-state index in [4.69, 9.17) is 21.6 Å². The van der Waals surface area contributed by atoms with Crippen LogP contribution in [0.3, 0.4) is 0 Å². The number of rotatable bonds is 4. The molecule has 0 saturated heterocycles. The highest BCUT2D eigenvalue weighted by Crippen LogP contribution is 2.31. The summed E-state index contributed by atoms with van der Waals surface area (Å²) < 4.78 is 5.54. The Labute approximate surface area is 121 Å². The second kappa shape index (κ2) is 5.89. The molecule has 0 aliphatic rings. The molecule has 0 aliphatic carbocycles. The van der Waals surface area contributed by atoms with Gasteiger partial charge in [-0.15, -0.1) is 0 Å². The number of hydrogen-bond acceptors (Lipinski definition) is 4. The van der Waals surface area contributed by atoms with E-state index in [2.05, 4.69) is 4.98 Å². The van der Waals surface area contributed by atoms with Crippen LogP contribution >= 0.6 is 11.6 Å². The molecule has 102 valence electrons. The van der Waals surface area contributed by atoms with Crippen LogP contribution in [-0.2, 0) is 11.2 Å². The van der Waals surface area contributed by atoms with Crippen molar-refractivity contribution >= 4 is 28.3 Å². The lowest BCUT2D eigenvalue weighted by Gasteiger charge is -2.11. The van der Waals surface area contributed by atoms with Gasteiger partial charge >= 0.3 is 0 Å². The molecule has 4 nitrogen and oxygen atoms in total. The molecule has 0 N–H and O–H groups in total. The van der Waals surface area contributed by atoms with Crippen molar-refractivity contribution in [2.75, 3.05) is 6.61 Å². The van der Waals surface area contributed by atoms with Crippen LogP contribution in [0.15, 0.2) is 18.3 Å². The number of carbonyl (C=O) groups excluding carboxylic acids is 1. The highest BCUT2D eigenvalue weighted by molar-refractivity contribution is 6.36. The van der Waals surface area contributed by atoms with Crippen molar-refractivity contribution in [3.8, 4) is 11.8 Å². The third kappa shape index (κ3) is 2.73. The second-order valence-corrected chi connectivity index (χ2v) is 4.76. The smallest absolute Gasteiger partial charge is 0.134 e. The summed E-state index contributed by atoms with van der Waals surface area (Å²) in [6, 6.07) is 5.52. The van der Waals surface area contributed by atoms with Crippen molar-refractivity contribution in [2.45, 2.75) is 20.3 Å². The van der Waals surface area contributed by atoms with E-state index in [0.717, 1.165) is 5.56 Å². The van der Waals surface area contributed by atoms with E-state index in [1.807, 2.05) is 13.0 Å². The maximum Gasteiger partial charge on any atom is 0.134 e. The molecule has 0 aliphatic heterocycles. The monoisotopic (exact) mass is 288 g/mol. The van der Waals surface area contributed by atoms with E-state index in [9.17, 15) is 4.79 Å². The minimum absolute atomic E-state index is 0.0332. The lowest BCUT2D eigenvalue weighted by atomic mass is 10.0. The predicted molar refractivity (Wildman–Crippen MR) is 77.0 cm³/mol. The minimum atomic E-state index is 0.0332. The zero-order valence-corrected chi connectivity index (χ0v) is 12.0. The molecule has 0 radical (unpaired) electrons. The third-order valence-corrected chi connectivity index (χ3v) is 3.25. The molecule has 5 heteroatoms. The summed E-state index contributed by atoms with van der Waals surface area (Å²) in [7, 11) is 0. The highest BCUT2D eigenvalue weighted by Gasteiger charge is 2.13. The van der Waals surface area contributed by atoms with Crippen molar-refractivity contribution in [3.63, 3.8) is 0 Å². The topological polar surface area (TPSA) is 63.0 Å². The molecule has 0 saturated carbocycles. The number of halogens is 1. The van der Waals surface area contributed by atoms with Crippen LogP contribution in [0.1, 0.15) is 25.0 Å². The van der Waals surface area contributed by atoms with Crippen LogP contribution in [0.5, 0.6) is 5.75 Å². The Morgan fingerprint density at radius 1 is 1.50 bits per heavy atom. The average molecular weight is 289 g/mol. The molecule has 0 amide bonds. The number of carbonyl (C=O) groups is 1. The number of fused-ring (bicyclic) bond motifs is 1. The molecule has 20 heavy (non-hydrogen) atoms. The maximum atomic E-state index is 11.4. The molecule has 0 atom stereocenters. The van der Waals surface area contributed by atoms with Crippen molar-refractivity contribution in [3.05, 3.63) is 34.5 Å². The van der Waals surface area contributed by atoms with Crippen LogP contribution in [-0.4, -0.2) is 17.4 Å². The Morgan fingerprint density at radius 3 is 2.85 bits per heavy atom. The van der Waals surface area contributed by atoms with Crippen molar-refractivity contribution in [2.24, 2.45) is 0 Å². The summed E-state index contributed by atoms with van der Waals surface area (Å²) in [5, 5.41) is 9.99. The molecule has 1 aromatic heterocycles. The Balaban J connectivity index is 2.68. The summed E-state index contributed by atoms with van der Waals surface area (Å²) in [4.78, 5) is 15.6. The molecule has 0 bridgehead atoms. The lowest BCUT2D eigenvalue weighted by Crippen LogP contribution is -2.02. The van der Waals surface area contributed by atoms with Gasteiger partial charge in [0.15, 0.2) is 0 Å². The van der Waals surface area contributed by atoms with E-state index in [1.165, 1.54) is 13.1 Å². The van der Waals surface area contributed by atoms with Crippen LogP contribution in [0.4, 0.5) is 0 Å². The van der Waals surface area contributed by atoms with Crippen molar-refractivity contribution < 1.29 is 9.53 Å². The van der Waals surface area contributed by atoms with Gasteiger partial charge in [0.05, 0.1) is 22.7 Å². The summed E-state index contributed by atoms with van der Waals surface area (Å²) in [5.41, 5.74) is 1.72. The number of nitrogens with zero attached hydrogens (tertiary/aromatic N) is 2. The van der Waals surface area contributed by atoms with Crippen molar-refractivity contribution in [1.29, 1.82) is 5.26 Å². The fourth-order valence-electron chi connectivity index (χ4n) is 2.01. The average Bonchev–Trinajstić information content (AvgIpc) is 2.40.